The lowest BCUT2D eigenvalue weighted by atomic mass is 10.0. The second kappa shape index (κ2) is 8.01. The van der Waals surface area contributed by atoms with E-state index in [1.807, 2.05) is 19.1 Å². The van der Waals surface area contributed by atoms with Gasteiger partial charge >= 0.3 is 0 Å². The normalized spacial score (nSPS) is 13.0. The molecule has 5 nitrogen and oxygen atoms in total. The zero-order chi connectivity index (χ0) is 18.7. The van der Waals surface area contributed by atoms with Gasteiger partial charge in [0.25, 0.3) is 5.91 Å². The predicted octanol–water partition coefficient (Wildman–Crippen LogP) is 3.95. The number of halogens is 1. The molecule has 1 heterocycles. The highest BCUT2D eigenvalue weighted by Crippen LogP contribution is 2.29. The molecule has 2 aromatic carbocycles. The van der Waals surface area contributed by atoms with Crippen LogP contribution in [0.15, 0.2) is 34.8 Å². The topological polar surface area (TPSA) is 67.4 Å². The number of amides is 1. The molecular weight excluding hydrogens is 396 g/mol. The van der Waals surface area contributed by atoms with Crippen LogP contribution in [0.25, 0.3) is 0 Å². The molecule has 0 radical (unpaired) electrons. The Bertz CT molecular complexity index is 864. The van der Waals surface area contributed by atoms with Crippen molar-refractivity contribution in [1.82, 2.24) is 5.32 Å². The third kappa shape index (κ3) is 3.97. The Labute approximate surface area is 161 Å². The van der Waals surface area contributed by atoms with Gasteiger partial charge in [0.2, 0.25) is 0 Å². The van der Waals surface area contributed by atoms with E-state index in [0.29, 0.717) is 23.5 Å². The van der Waals surface area contributed by atoms with E-state index in [1.54, 1.807) is 18.2 Å². The molecule has 1 aliphatic rings. The van der Waals surface area contributed by atoms with E-state index in [4.69, 9.17) is 4.74 Å². The van der Waals surface area contributed by atoms with E-state index in [9.17, 15) is 9.59 Å². The third-order valence-electron chi connectivity index (χ3n) is 4.33. The first-order chi connectivity index (χ1) is 12.5. The van der Waals surface area contributed by atoms with Crippen LogP contribution in [0.3, 0.4) is 0 Å². The number of carbonyl (C=O) groups is 2. The molecule has 6 heteroatoms. The number of hydrogen-bond acceptors (Lipinski definition) is 4. The smallest absolute Gasteiger partial charge is 0.255 e. The fraction of sp³-hybridized carbons (Fsp3) is 0.300. The summed E-state index contributed by atoms with van der Waals surface area (Å²) in [5.74, 6) is 0.107. The lowest BCUT2D eigenvalue weighted by Gasteiger charge is -2.20. The number of hydrogen-bond donors (Lipinski definition) is 2. The van der Waals surface area contributed by atoms with Gasteiger partial charge in [0.1, 0.15) is 5.75 Å². The Hall–Kier alpha value is -2.18. The first kappa shape index (κ1) is 18.6. The van der Waals surface area contributed by atoms with Crippen LogP contribution in [0.2, 0.25) is 0 Å². The summed E-state index contributed by atoms with van der Waals surface area (Å²) in [4.78, 5) is 24.5. The Morgan fingerprint density at radius 1 is 1.27 bits per heavy atom. The predicted molar refractivity (Wildman–Crippen MR) is 105 cm³/mol. The number of benzene rings is 2. The van der Waals surface area contributed by atoms with Crippen molar-refractivity contribution in [2.45, 2.75) is 26.8 Å². The quantitative estimate of drug-likeness (QED) is 0.724. The van der Waals surface area contributed by atoms with Gasteiger partial charge in [-0.1, -0.05) is 15.9 Å². The van der Waals surface area contributed by atoms with Crippen molar-refractivity contribution in [3.8, 4) is 5.75 Å². The second-order valence-electron chi connectivity index (χ2n) is 6.18. The molecule has 3 rings (SSSR count). The number of ketones is 1. The molecule has 0 saturated carbocycles. The highest BCUT2D eigenvalue weighted by molar-refractivity contribution is 9.10. The largest absolute Gasteiger partial charge is 0.493 e. The average Bonchev–Trinajstić information content (AvgIpc) is 2.62. The van der Waals surface area contributed by atoms with E-state index < -0.39 is 0 Å². The van der Waals surface area contributed by atoms with Crippen molar-refractivity contribution in [2.75, 3.05) is 18.5 Å². The van der Waals surface area contributed by atoms with Gasteiger partial charge in [0.15, 0.2) is 5.78 Å². The number of Topliss-reactive ketones (excluding diaryl/α,β-unsaturated/α-hetero) is 1. The number of anilines is 1. The van der Waals surface area contributed by atoms with Crippen molar-refractivity contribution in [1.29, 1.82) is 0 Å². The minimum atomic E-state index is -0.258. The molecule has 0 aliphatic carbocycles. The zero-order valence-electron chi connectivity index (χ0n) is 14.8. The Morgan fingerprint density at radius 2 is 2.08 bits per heavy atom. The van der Waals surface area contributed by atoms with E-state index in [1.165, 1.54) is 18.1 Å². The van der Waals surface area contributed by atoms with Gasteiger partial charge in [0, 0.05) is 22.3 Å². The van der Waals surface area contributed by atoms with Crippen LogP contribution in [-0.2, 0) is 13.0 Å². The van der Waals surface area contributed by atoms with Crippen molar-refractivity contribution in [3.63, 3.8) is 0 Å². The first-order valence-corrected chi connectivity index (χ1v) is 9.40. The summed E-state index contributed by atoms with van der Waals surface area (Å²) in [7, 11) is 0. The third-order valence-corrected chi connectivity index (χ3v) is 5.04. The minimum Gasteiger partial charge on any atom is -0.493 e. The van der Waals surface area contributed by atoms with E-state index in [2.05, 4.69) is 26.6 Å². The summed E-state index contributed by atoms with van der Waals surface area (Å²) in [5, 5.41) is 6.25. The summed E-state index contributed by atoms with van der Waals surface area (Å²) >= 11 is 3.60. The van der Waals surface area contributed by atoms with E-state index >= 15 is 0 Å². The molecule has 0 atom stereocenters. The Morgan fingerprint density at radius 3 is 2.81 bits per heavy atom. The van der Waals surface area contributed by atoms with Crippen LogP contribution in [0.5, 0.6) is 5.75 Å². The van der Waals surface area contributed by atoms with E-state index in [0.717, 1.165) is 29.7 Å². The number of nitrogens with one attached hydrogen (secondary N) is 2. The maximum absolute atomic E-state index is 12.6. The van der Waals surface area contributed by atoms with Crippen molar-refractivity contribution >= 4 is 33.3 Å². The molecule has 26 heavy (non-hydrogen) atoms. The Balaban J connectivity index is 1.85. The molecule has 0 fully saturated rings. The van der Waals surface area contributed by atoms with Crippen molar-refractivity contribution in [2.24, 2.45) is 0 Å². The highest BCUT2D eigenvalue weighted by Gasteiger charge is 2.16. The van der Waals surface area contributed by atoms with Crippen molar-refractivity contribution < 1.29 is 14.3 Å². The molecule has 2 aromatic rings. The van der Waals surface area contributed by atoms with Gasteiger partial charge in [-0.2, -0.15) is 0 Å². The lowest BCUT2D eigenvalue weighted by molar-refractivity contribution is 0.101. The molecular formula is C20H21BrN2O3. The van der Waals surface area contributed by atoms with Gasteiger partial charge < -0.3 is 15.4 Å². The summed E-state index contributed by atoms with van der Waals surface area (Å²) in [6.07, 6.45) is 0.963. The fourth-order valence-electron chi connectivity index (χ4n) is 3.07. The number of fused-ring (bicyclic) bond motifs is 1. The number of ether oxygens (including phenoxy) is 1. The van der Waals surface area contributed by atoms with Crippen molar-refractivity contribution in [3.05, 3.63) is 57.1 Å². The van der Waals surface area contributed by atoms with Gasteiger partial charge in [-0.3, -0.25) is 9.59 Å². The number of carbonyl (C=O) groups excluding carboxylic acids is 2. The molecule has 0 aromatic heterocycles. The summed E-state index contributed by atoms with van der Waals surface area (Å²) < 4.78 is 6.47. The SMILES string of the molecule is CCOc1ccc(C(=O)Nc2cc(Br)c3c(c2)CNCC3)cc1C(C)=O. The maximum Gasteiger partial charge on any atom is 0.255 e. The van der Waals surface area contributed by atoms with Crippen LogP contribution in [-0.4, -0.2) is 24.8 Å². The number of rotatable bonds is 5. The summed E-state index contributed by atoms with van der Waals surface area (Å²) in [5.41, 5.74) is 4.02. The van der Waals surface area contributed by atoms with Crippen LogP contribution in [0, 0.1) is 0 Å². The molecule has 1 amide bonds. The Kier molecular flexibility index (Phi) is 5.74. The monoisotopic (exact) mass is 416 g/mol. The lowest BCUT2D eigenvalue weighted by Crippen LogP contribution is -2.24. The molecule has 0 spiro atoms. The molecule has 0 bridgehead atoms. The molecule has 0 unspecified atom stereocenters. The maximum atomic E-state index is 12.6. The first-order valence-electron chi connectivity index (χ1n) is 8.60. The average molecular weight is 417 g/mol. The van der Waals surface area contributed by atoms with Crippen LogP contribution in [0.1, 0.15) is 45.7 Å². The van der Waals surface area contributed by atoms with Crippen LogP contribution < -0.4 is 15.4 Å². The van der Waals surface area contributed by atoms with Gasteiger partial charge in [0.05, 0.1) is 12.2 Å². The summed E-state index contributed by atoms with van der Waals surface area (Å²) in [6, 6.07) is 8.83. The molecule has 1 aliphatic heterocycles. The fourth-order valence-corrected chi connectivity index (χ4v) is 3.77. The van der Waals surface area contributed by atoms with Gasteiger partial charge in [-0.05, 0) is 68.3 Å². The van der Waals surface area contributed by atoms with Gasteiger partial charge in [-0.15, -0.1) is 0 Å². The molecule has 0 saturated heterocycles. The zero-order valence-corrected chi connectivity index (χ0v) is 16.4. The van der Waals surface area contributed by atoms with Crippen LogP contribution >= 0.6 is 15.9 Å². The minimum absolute atomic E-state index is 0.134. The molecule has 136 valence electrons. The molecule has 2 N–H and O–H groups in total. The summed E-state index contributed by atoms with van der Waals surface area (Å²) in [6.45, 7) is 5.52. The standard InChI is InChI=1S/C20H21BrN2O3/c1-3-26-19-5-4-13(9-17(19)12(2)24)20(25)23-15-8-14-11-22-7-6-16(14)18(21)10-15/h4-5,8-10,22H,3,6-7,11H2,1-2H3,(H,23,25). The second-order valence-corrected chi connectivity index (χ2v) is 7.03. The van der Waals surface area contributed by atoms with Crippen LogP contribution in [0.4, 0.5) is 5.69 Å². The van der Waals surface area contributed by atoms with E-state index in [-0.39, 0.29) is 11.7 Å². The van der Waals surface area contributed by atoms with Gasteiger partial charge in [-0.25, -0.2) is 0 Å². The highest BCUT2D eigenvalue weighted by atomic mass is 79.9.